The van der Waals surface area contributed by atoms with Gasteiger partial charge in [0.25, 0.3) is 0 Å². The Kier molecular flexibility index (Phi) is 5.89. The van der Waals surface area contributed by atoms with E-state index in [4.69, 9.17) is 0 Å². The molecule has 0 fully saturated rings. The van der Waals surface area contributed by atoms with Crippen LogP contribution in [0.15, 0.2) is 79.0 Å². The van der Waals surface area contributed by atoms with E-state index in [0.717, 1.165) is 23.6 Å². The summed E-state index contributed by atoms with van der Waals surface area (Å²) in [6, 6.07) is 21.2. The molecule has 1 N–H and O–H groups in total. The van der Waals surface area contributed by atoms with Crippen molar-refractivity contribution in [2.45, 2.75) is 39.0 Å². The van der Waals surface area contributed by atoms with E-state index in [1.165, 1.54) is 17.7 Å². The van der Waals surface area contributed by atoms with Crippen LogP contribution in [0.2, 0.25) is 0 Å². The third kappa shape index (κ3) is 4.71. The highest BCUT2D eigenvalue weighted by molar-refractivity contribution is 5.68. The lowest BCUT2D eigenvalue weighted by atomic mass is 10.0. The summed E-state index contributed by atoms with van der Waals surface area (Å²) in [6.07, 6.45) is -1.98. The minimum absolute atomic E-state index is 0.0419. The van der Waals surface area contributed by atoms with Gasteiger partial charge < -0.3 is 5.11 Å². The van der Waals surface area contributed by atoms with Gasteiger partial charge in [0.1, 0.15) is 11.4 Å². The van der Waals surface area contributed by atoms with E-state index in [1.807, 2.05) is 24.3 Å². The first-order chi connectivity index (χ1) is 15.6. The van der Waals surface area contributed by atoms with E-state index >= 15 is 0 Å². The van der Waals surface area contributed by atoms with Gasteiger partial charge in [-0.2, -0.15) is 13.2 Å². The number of benzene rings is 3. The smallest absolute Gasteiger partial charge is 0.384 e. The number of alkyl halides is 3. The van der Waals surface area contributed by atoms with Crippen molar-refractivity contribution in [3.8, 4) is 28.2 Å². The first-order valence-electron chi connectivity index (χ1n) is 10.8. The molecule has 4 rings (SSSR count). The van der Waals surface area contributed by atoms with Crippen LogP contribution in [-0.4, -0.2) is 14.7 Å². The van der Waals surface area contributed by atoms with Crippen LogP contribution in [0, 0.1) is 0 Å². The monoisotopic (exact) mass is 450 g/mol. The second kappa shape index (κ2) is 8.52. The van der Waals surface area contributed by atoms with E-state index in [1.54, 1.807) is 30.7 Å². The van der Waals surface area contributed by atoms with Crippen LogP contribution in [0.1, 0.15) is 37.6 Å². The van der Waals surface area contributed by atoms with Gasteiger partial charge in [-0.3, -0.25) is 4.57 Å². The van der Waals surface area contributed by atoms with Gasteiger partial charge in [0, 0.05) is 17.4 Å². The fourth-order valence-electron chi connectivity index (χ4n) is 3.73. The van der Waals surface area contributed by atoms with Crippen LogP contribution in [0.3, 0.4) is 0 Å². The highest BCUT2D eigenvalue weighted by Gasteiger charge is 2.35. The lowest BCUT2D eigenvalue weighted by Gasteiger charge is -2.14. The Morgan fingerprint density at radius 2 is 1.42 bits per heavy atom. The minimum atomic E-state index is -4.53. The summed E-state index contributed by atoms with van der Waals surface area (Å²) < 4.78 is 42.8. The Hall–Kier alpha value is -3.38. The van der Waals surface area contributed by atoms with Gasteiger partial charge >= 0.3 is 6.18 Å². The quantitative estimate of drug-likeness (QED) is 0.355. The maximum Gasteiger partial charge on any atom is 0.417 e. The molecule has 0 aliphatic rings. The second-order valence-corrected chi connectivity index (χ2v) is 8.52. The molecule has 0 saturated heterocycles. The number of rotatable bonds is 5. The number of imidazole rings is 1. The highest BCUT2D eigenvalue weighted by Crippen LogP contribution is 2.38. The molecule has 3 nitrogen and oxygen atoms in total. The number of aromatic nitrogens is 2. The summed E-state index contributed by atoms with van der Waals surface area (Å²) in [5.41, 5.74) is 2.12. The molecule has 0 saturated carbocycles. The molecule has 6 heteroatoms. The topological polar surface area (TPSA) is 38.0 Å². The van der Waals surface area contributed by atoms with Gasteiger partial charge in [0.15, 0.2) is 0 Å². The molecule has 170 valence electrons. The molecule has 3 aromatic carbocycles. The van der Waals surface area contributed by atoms with Crippen LogP contribution in [-0.2, 0) is 18.2 Å². The normalized spacial score (nSPS) is 12.2. The van der Waals surface area contributed by atoms with Gasteiger partial charge in [0.05, 0.1) is 11.3 Å². The zero-order valence-electron chi connectivity index (χ0n) is 18.7. The highest BCUT2D eigenvalue weighted by atomic mass is 19.4. The van der Waals surface area contributed by atoms with E-state index in [0.29, 0.717) is 5.69 Å². The third-order valence-corrected chi connectivity index (χ3v) is 5.65. The van der Waals surface area contributed by atoms with Crippen molar-refractivity contribution in [1.82, 2.24) is 9.55 Å². The van der Waals surface area contributed by atoms with E-state index in [9.17, 15) is 18.3 Å². The maximum atomic E-state index is 13.7. The molecule has 0 bridgehead atoms. The molecule has 0 unspecified atom stereocenters. The van der Waals surface area contributed by atoms with Gasteiger partial charge in [-0.25, -0.2) is 4.98 Å². The molecular formula is C27H25F3N2O. The Labute approximate surface area is 191 Å². The summed E-state index contributed by atoms with van der Waals surface area (Å²) in [5.74, 6) is 0.125. The largest absolute Gasteiger partial charge is 0.417 e. The number of hydrogen-bond donors (Lipinski definition) is 1. The molecule has 0 aliphatic carbocycles. The number of aryl methyl sites for hydroxylation is 1. The van der Waals surface area contributed by atoms with Crippen LogP contribution < -0.4 is 0 Å². The number of nitrogens with zero attached hydrogens (tertiary/aromatic N) is 2. The van der Waals surface area contributed by atoms with Gasteiger partial charge in [0.2, 0.25) is 0 Å². The number of aliphatic hydroxyl groups is 1. The summed E-state index contributed by atoms with van der Waals surface area (Å²) in [6.45, 7) is 5.22. The van der Waals surface area contributed by atoms with Crippen molar-refractivity contribution >= 4 is 0 Å². The molecule has 4 aromatic rings. The zero-order valence-corrected chi connectivity index (χ0v) is 18.7. The van der Waals surface area contributed by atoms with E-state index in [2.05, 4.69) is 36.2 Å². The fraction of sp³-hybridized carbons (Fsp3) is 0.222. The summed E-state index contributed by atoms with van der Waals surface area (Å²) in [7, 11) is 0. The first kappa shape index (κ1) is 22.8. The van der Waals surface area contributed by atoms with E-state index in [-0.39, 0.29) is 17.1 Å². The molecule has 33 heavy (non-hydrogen) atoms. The average molecular weight is 451 g/mol. The lowest BCUT2D eigenvalue weighted by Crippen LogP contribution is -2.15. The lowest BCUT2D eigenvalue weighted by molar-refractivity contribution is -0.137. The Morgan fingerprint density at radius 1 is 0.848 bits per heavy atom. The maximum absolute atomic E-state index is 13.7. The minimum Gasteiger partial charge on any atom is -0.384 e. The molecule has 1 aromatic heterocycles. The molecule has 0 atom stereocenters. The number of hydrogen-bond acceptors (Lipinski definition) is 2. The average Bonchev–Trinajstić information content (AvgIpc) is 3.25. The van der Waals surface area contributed by atoms with Crippen molar-refractivity contribution < 1.29 is 18.3 Å². The fourth-order valence-corrected chi connectivity index (χ4v) is 3.73. The van der Waals surface area contributed by atoms with Gasteiger partial charge in [-0.1, -0.05) is 61.5 Å². The van der Waals surface area contributed by atoms with Crippen molar-refractivity contribution in [3.63, 3.8) is 0 Å². The second-order valence-electron chi connectivity index (χ2n) is 8.52. The van der Waals surface area contributed by atoms with Gasteiger partial charge in [-0.15, -0.1) is 0 Å². The number of halogens is 3. The molecule has 0 aliphatic heterocycles. The van der Waals surface area contributed by atoms with Crippen molar-refractivity contribution in [3.05, 3.63) is 95.8 Å². The van der Waals surface area contributed by atoms with Crippen molar-refractivity contribution in [1.29, 1.82) is 0 Å². The van der Waals surface area contributed by atoms with Gasteiger partial charge in [-0.05, 0) is 55.2 Å². The molecule has 1 heterocycles. The first-order valence-corrected chi connectivity index (χ1v) is 10.8. The predicted molar refractivity (Wildman–Crippen MR) is 124 cm³/mol. The molecule has 0 radical (unpaired) electrons. The predicted octanol–water partition coefficient (Wildman–Crippen LogP) is 7.01. The SMILES string of the molecule is CCc1ccc(-c2ccc(-n3cc(C(C)(C)O)nc3-c3ccccc3C(F)(F)F)cc2)cc1. The van der Waals surface area contributed by atoms with Crippen LogP contribution in [0.4, 0.5) is 13.2 Å². The molecular weight excluding hydrogens is 425 g/mol. The third-order valence-electron chi connectivity index (χ3n) is 5.65. The van der Waals surface area contributed by atoms with Crippen molar-refractivity contribution in [2.24, 2.45) is 0 Å². The van der Waals surface area contributed by atoms with Crippen LogP contribution >= 0.6 is 0 Å². The Morgan fingerprint density at radius 3 is 1.97 bits per heavy atom. The molecule has 0 spiro atoms. The summed E-state index contributed by atoms with van der Waals surface area (Å²) >= 11 is 0. The van der Waals surface area contributed by atoms with Crippen molar-refractivity contribution in [2.75, 3.05) is 0 Å². The van der Waals surface area contributed by atoms with E-state index < -0.39 is 17.3 Å². The molecule has 0 amide bonds. The zero-order chi connectivity index (χ0) is 23.8. The summed E-state index contributed by atoms with van der Waals surface area (Å²) in [5, 5.41) is 10.5. The van der Waals surface area contributed by atoms with Crippen LogP contribution in [0.25, 0.3) is 28.2 Å². The Balaban J connectivity index is 1.82. The summed E-state index contributed by atoms with van der Waals surface area (Å²) in [4.78, 5) is 4.41. The Bertz CT molecular complexity index is 1250. The van der Waals surface area contributed by atoms with Crippen LogP contribution in [0.5, 0.6) is 0 Å². The standard InChI is InChI=1S/C27H25F3N2O/c1-4-18-9-11-19(12-10-18)20-13-15-21(16-14-20)32-17-24(26(2,3)33)31-25(32)22-7-5-6-8-23(22)27(28,29)30/h5-17,33H,4H2,1-3H3.